The summed E-state index contributed by atoms with van der Waals surface area (Å²) in [5.74, 6) is 1.60. The van der Waals surface area contributed by atoms with E-state index in [4.69, 9.17) is 4.74 Å². The van der Waals surface area contributed by atoms with Crippen LogP contribution in [-0.4, -0.2) is 68.5 Å². The second kappa shape index (κ2) is 8.22. The number of likely N-dealkylation sites (tertiary alicyclic amines) is 2. The number of amides is 2. The first kappa shape index (κ1) is 21.2. The van der Waals surface area contributed by atoms with E-state index < -0.39 is 0 Å². The van der Waals surface area contributed by atoms with Crippen molar-refractivity contribution in [2.24, 2.45) is 16.7 Å². The quantitative estimate of drug-likeness (QED) is 0.805. The Balaban J connectivity index is 1.43. The van der Waals surface area contributed by atoms with E-state index in [1.807, 2.05) is 29.2 Å². The van der Waals surface area contributed by atoms with Crippen molar-refractivity contribution < 1.29 is 14.3 Å². The molecule has 2 heterocycles. The van der Waals surface area contributed by atoms with Crippen LogP contribution >= 0.6 is 0 Å². The number of carbonyl (C=O) groups is 2. The van der Waals surface area contributed by atoms with Crippen LogP contribution in [0.5, 0.6) is 5.75 Å². The van der Waals surface area contributed by atoms with Crippen molar-refractivity contribution in [2.75, 3.05) is 46.9 Å². The minimum Gasteiger partial charge on any atom is -0.497 e. The molecule has 1 saturated carbocycles. The Morgan fingerprint density at radius 1 is 1.20 bits per heavy atom. The van der Waals surface area contributed by atoms with Gasteiger partial charge >= 0.3 is 0 Å². The zero-order chi connectivity index (χ0) is 21.4. The van der Waals surface area contributed by atoms with E-state index in [-0.39, 0.29) is 22.6 Å². The van der Waals surface area contributed by atoms with Crippen molar-refractivity contribution >= 4 is 11.8 Å². The molecule has 2 amide bonds. The molecule has 0 bridgehead atoms. The van der Waals surface area contributed by atoms with Crippen molar-refractivity contribution in [1.29, 1.82) is 0 Å². The van der Waals surface area contributed by atoms with Crippen molar-refractivity contribution in [3.05, 3.63) is 29.8 Å². The molecular weight excluding hydrogens is 378 g/mol. The lowest BCUT2D eigenvalue weighted by Gasteiger charge is -2.44. The van der Waals surface area contributed by atoms with Crippen LogP contribution in [-0.2, 0) is 16.0 Å². The molecule has 1 N–H and O–H groups in total. The number of nitrogens with one attached hydrogen (secondary N) is 1. The van der Waals surface area contributed by atoms with Gasteiger partial charge in [0.15, 0.2) is 0 Å². The maximum absolute atomic E-state index is 12.9. The molecule has 30 heavy (non-hydrogen) atoms. The molecule has 1 aromatic rings. The summed E-state index contributed by atoms with van der Waals surface area (Å²) in [6.07, 6.45) is 4.53. The molecule has 0 aromatic heterocycles. The van der Waals surface area contributed by atoms with Gasteiger partial charge in [0.2, 0.25) is 11.8 Å². The van der Waals surface area contributed by atoms with Gasteiger partial charge in [-0.05, 0) is 61.3 Å². The molecule has 1 spiro atoms. The third-order valence-electron chi connectivity index (χ3n) is 8.15. The van der Waals surface area contributed by atoms with Gasteiger partial charge in [0.05, 0.1) is 18.9 Å². The molecule has 4 rings (SSSR count). The summed E-state index contributed by atoms with van der Waals surface area (Å²) in [4.78, 5) is 30.3. The summed E-state index contributed by atoms with van der Waals surface area (Å²) >= 11 is 0. The zero-order valence-corrected chi connectivity index (χ0v) is 18.6. The number of nitrogens with zero attached hydrogens (tertiary/aromatic N) is 2. The highest BCUT2D eigenvalue weighted by atomic mass is 16.5. The van der Waals surface area contributed by atoms with Gasteiger partial charge < -0.3 is 19.9 Å². The average Bonchev–Trinajstić information content (AvgIpc) is 3.30. The summed E-state index contributed by atoms with van der Waals surface area (Å²) < 4.78 is 5.28. The predicted molar refractivity (Wildman–Crippen MR) is 116 cm³/mol. The summed E-state index contributed by atoms with van der Waals surface area (Å²) in [7, 11) is 3.42. The topological polar surface area (TPSA) is 61.9 Å². The molecule has 1 aromatic carbocycles. The van der Waals surface area contributed by atoms with E-state index in [2.05, 4.69) is 17.1 Å². The molecular formula is C24H35N3O3. The van der Waals surface area contributed by atoms with Crippen molar-refractivity contribution in [3.63, 3.8) is 0 Å². The second-order valence-electron chi connectivity index (χ2n) is 9.39. The Hall–Kier alpha value is -2.08. The van der Waals surface area contributed by atoms with E-state index in [1.165, 1.54) is 0 Å². The minimum atomic E-state index is -0.239. The lowest BCUT2D eigenvalue weighted by atomic mass is 9.65. The highest BCUT2D eigenvalue weighted by Gasteiger charge is 2.63. The smallest absolute Gasteiger partial charge is 0.227 e. The zero-order valence-electron chi connectivity index (χ0n) is 18.6. The van der Waals surface area contributed by atoms with Gasteiger partial charge in [0.1, 0.15) is 5.75 Å². The van der Waals surface area contributed by atoms with Crippen LogP contribution in [0.3, 0.4) is 0 Å². The third-order valence-corrected chi connectivity index (χ3v) is 8.15. The molecule has 6 nitrogen and oxygen atoms in total. The highest BCUT2D eigenvalue weighted by molar-refractivity contribution is 5.84. The van der Waals surface area contributed by atoms with Gasteiger partial charge in [0, 0.05) is 33.2 Å². The number of hydrogen-bond donors (Lipinski definition) is 1. The Labute approximate surface area is 179 Å². The third kappa shape index (κ3) is 3.49. The molecule has 6 heteroatoms. The van der Waals surface area contributed by atoms with Gasteiger partial charge in [-0.3, -0.25) is 9.59 Å². The summed E-state index contributed by atoms with van der Waals surface area (Å²) in [5.41, 5.74) is 0.953. The number of benzene rings is 1. The van der Waals surface area contributed by atoms with Crippen molar-refractivity contribution in [3.8, 4) is 5.75 Å². The van der Waals surface area contributed by atoms with E-state index in [9.17, 15) is 9.59 Å². The van der Waals surface area contributed by atoms with Crippen LogP contribution in [0.4, 0.5) is 0 Å². The summed E-state index contributed by atoms with van der Waals surface area (Å²) in [6, 6.07) is 7.76. The van der Waals surface area contributed by atoms with Crippen LogP contribution in [0.2, 0.25) is 0 Å². The molecule has 2 atom stereocenters. The molecule has 164 valence electrons. The largest absolute Gasteiger partial charge is 0.497 e. The lowest BCUT2D eigenvalue weighted by molar-refractivity contribution is -0.136. The minimum absolute atomic E-state index is 0.190. The van der Waals surface area contributed by atoms with Gasteiger partial charge in [-0.2, -0.15) is 0 Å². The van der Waals surface area contributed by atoms with E-state index >= 15 is 0 Å². The standard InChI is InChI=1S/C24H35N3O3/c1-4-26-16-20-23(8-9-24(20,17-26)22(29)25-2)10-12-27(13-11-23)21(28)15-18-6-5-7-19(14-18)30-3/h5-7,14,20H,4,8-13,15-17H2,1-3H3,(H,25,29)/t20-,24+/m0/s1. The number of methoxy groups -OCH3 is 1. The van der Waals surface area contributed by atoms with Crippen LogP contribution in [0.15, 0.2) is 24.3 Å². The van der Waals surface area contributed by atoms with Gasteiger partial charge in [-0.25, -0.2) is 0 Å². The number of piperidine rings is 1. The summed E-state index contributed by atoms with van der Waals surface area (Å²) in [5, 5.41) is 2.96. The Bertz CT molecular complexity index is 803. The van der Waals surface area contributed by atoms with E-state index in [1.54, 1.807) is 14.2 Å². The van der Waals surface area contributed by atoms with E-state index in [0.717, 1.165) is 69.7 Å². The lowest BCUT2D eigenvalue weighted by Crippen LogP contribution is -2.49. The first-order chi connectivity index (χ1) is 14.5. The van der Waals surface area contributed by atoms with Crippen molar-refractivity contribution in [2.45, 2.75) is 39.0 Å². The number of fused-ring (bicyclic) bond motifs is 2. The molecule has 1 aliphatic carbocycles. The van der Waals surface area contributed by atoms with Gasteiger partial charge in [-0.1, -0.05) is 19.1 Å². The predicted octanol–water partition coefficient (Wildman–Crippen LogP) is 2.32. The average molecular weight is 414 g/mol. The van der Waals surface area contributed by atoms with Crippen LogP contribution in [0.25, 0.3) is 0 Å². The summed E-state index contributed by atoms with van der Waals surface area (Å²) in [6.45, 7) is 6.68. The Morgan fingerprint density at radius 3 is 2.63 bits per heavy atom. The fourth-order valence-corrected chi connectivity index (χ4v) is 6.39. The number of carbonyl (C=O) groups excluding carboxylic acids is 2. The van der Waals surface area contributed by atoms with Crippen LogP contribution in [0, 0.1) is 16.7 Å². The maximum atomic E-state index is 12.9. The fraction of sp³-hybridized carbons (Fsp3) is 0.667. The maximum Gasteiger partial charge on any atom is 0.227 e. The van der Waals surface area contributed by atoms with Crippen molar-refractivity contribution in [1.82, 2.24) is 15.1 Å². The fourth-order valence-electron chi connectivity index (χ4n) is 6.39. The Morgan fingerprint density at radius 2 is 1.97 bits per heavy atom. The SMILES string of the molecule is CCN1C[C@H]2C3(CCN(C(=O)Cc4cccc(OC)c4)CC3)CC[C@@]2(C(=O)NC)C1. The number of rotatable bonds is 5. The van der Waals surface area contributed by atoms with E-state index in [0.29, 0.717) is 12.3 Å². The first-order valence-electron chi connectivity index (χ1n) is 11.3. The highest BCUT2D eigenvalue weighted by Crippen LogP contribution is 2.62. The second-order valence-corrected chi connectivity index (χ2v) is 9.39. The monoisotopic (exact) mass is 413 g/mol. The molecule has 2 aliphatic heterocycles. The number of ether oxygens (including phenoxy) is 1. The normalized spacial score (nSPS) is 27.8. The first-order valence-corrected chi connectivity index (χ1v) is 11.3. The van der Waals surface area contributed by atoms with Crippen LogP contribution in [0.1, 0.15) is 38.2 Å². The molecule has 3 aliphatic rings. The molecule has 0 unspecified atom stereocenters. The van der Waals surface area contributed by atoms with Gasteiger partial charge in [0.25, 0.3) is 0 Å². The molecule has 0 radical (unpaired) electrons. The molecule has 3 fully saturated rings. The number of hydrogen-bond acceptors (Lipinski definition) is 4. The van der Waals surface area contributed by atoms with Crippen LogP contribution < -0.4 is 10.1 Å². The van der Waals surface area contributed by atoms with Gasteiger partial charge in [-0.15, -0.1) is 0 Å². The molecule has 2 saturated heterocycles. The Kier molecular flexibility index (Phi) is 5.80.